The highest BCUT2D eigenvalue weighted by atomic mass is 15.1. The van der Waals surface area contributed by atoms with Crippen LogP contribution in [0.1, 0.15) is 44.7 Å². The van der Waals surface area contributed by atoms with Gasteiger partial charge in [0.1, 0.15) is 0 Å². The van der Waals surface area contributed by atoms with E-state index in [1.165, 1.54) is 24.8 Å². The van der Waals surface area contributed by atoms with E-state index in [1.54, 1.807) is 0 Å². The van der Waals surface area contributed by atoms with Gasteiger partial charge < -0.3 is 4.90 Å². The SMILES string of the molecule is CCCCC(c1ccccc1)N1C=CC(C)C=C1. The molecule has 1 aromatic carbocycles. The van der Waals surface area contributed by atoms with E-state index in [-0.39, 0.29) is 0 Å². The lowest BCUT2D eigenvalue weighted by atomic mass is 9.99. The first-order valence-electron chi connectivity index (χ1n) is 7.00. The van der Waals surface area contributed by atoms with Crippen molar-refractivity contribution in [3.63, 3.8) is 0 Å². The zero-order valence-corrected chi connectivity index (χ0v) is 11.4. The molecule has 18 heavy (non-hydrogen) atoms. The minimum absolute atomic E-state index is 0.478. The van der Waals surface area contributed by atoms with Gasteiger partial charge in [0.2, 0.25) is 0 Å². The van der Waals surface area contributed by atoms with Crippen LogP contribution in [-0.4, -0.2) is 4.90 Å². The second kappa shape index (κ2) is 6.44. The molecule has 0 saturated carbocycles. The molecule has 0 bridgehead atoms. The number of nitrogens with zero attached hydrogens (tertiary/aromatic N) is 1. The Balaban J connectivity index is 2.15. The van der Waals surface area contributed by atoms with E-state index >= 15 is 0 Å². The molecular formula is C17H23N. The molecule has 0 fully saturated rings. The standard InChI is InChI=1S/C17H23N/c1-3-4-10-17(16-8-6-5-7-9-16)18-13-11-15(2)12-14-18/h5-9,11-15,17H,3-4,10H2,1-2H3. The molecule has 1 heterocycles. The van der Waals surface area contributed by atoms with Gasteiger partial charge in [-0.05, 0) is 17.9 Å². The van der Waals surface area contributed by atoms with E-state index in [2.05, 4.69) is 73.6 Å². The van der Waals surface area contributed by atoms with Gasteiger partial charge in [-0.2, -0.15) is 0 Å². The molecule has 1 aromatic rings. The monoisotopic (exact) mass is 241 g/mol. The van der Waals surface area contributed by atoms with Crippen molar-refractivity contribution in [2.24, 2.45) is 5.92 Å². The molecule has 1 nitrogen and oxygen atoms in total. The Kier molecular flexibility index (Phi) is 4.63. The maximum Gasteiger partial charge on any atom is 0.0579 e. The summed E-state index contributed by atoms with van der Waals surface area (Å²) in [5.74, 6) is 0.559. The lowest BCUT2D eigenvalue weighted by Crippen LogP contribution is -2.20. The summed E-state index contributed by atoms with van der Waals surface area (Å²) < 4.78 is 0. The molecule has 0 amide bonds. The van der Waals surface area contributed by atoms with Crippen LogP contribution < -0.4 is 0 Å². The Morgan fingerprint density at radius 2 is 1.78 bits per heavy atom. The first-order valence-corrected chi connectivity index (χ1v) is 7.00. The van der Waals surface area contributed by atoms with Crippen LogP contribution in [0.2, 0.25) is 0 Å². The fourth-order valence-electron chi connectivity index (χ4n) is 2.35. The van der Waals surface area contributed by atoms with Crippen molar-refractivity contribution in [2.45, 2.75) is 39.2 Å². The van der Waals surface area contributed by atoms with Crippen LogP contribution in [0, 0.1) is 5.92 Å². The van der Waals surface area contributed by atoms with Crippen LogP contribution in [0.5, 0.6) is 0 Å². The number of benzene rings is 1. The van der Waals surface area contributed by atoms with E-state index in [0.29, 0.717) is 12.0 Å². The number of allylic oxidation sites excluding steroid dienone is 2. The van der Waals surface area contributed by atoms with Gasteiger partial charge >= 0.3 is 0 Å². The first-order chi connectivity index (χ1) is 8.81. The predicted molar refractivity (Wildman–Crippen MR) is 78.0 cm³/mol. The van der Waals surface area contributed by atoms with E-state index < -0.39 is 0 Å². The molecular weight excluding hydrogens is 218 g/mol. The highest BCUT2D eigenvalue weighted by Gasteiger charge is 2.16. The topological polar surface area (TPSA) is 3.24 Å². The zero-order valence-electron chi connectivity index (χ0n) is 11.4. The zero-order chi connectivity index (χ0) is 12.8. The van der Waals surface area contributed by atoms with Gasteiger partial charge in [0, 0.05) is 12.4 Å². The highest BCUT2D eigenvalue weighted by molar-refractivity contribution is 5.22. The minimum atomic E-state index is 0.478. The molecule has 1 aliphatic rings. The third kappa shape index (κ3) is 3.25. The highest BCUT2D eigenvalue weighted by Crippen LogP contribution is 2.29. The normalized spacial score (nSPS) is 17.1. The summed E-state index contributed by atoms with van der Waals surface area (Å²) in [5, 5.41) is 0. The van der Waals surface area contributed by atoms with Gasteiger partial charge in [-0.15, -0.1) is 0 Å². The van der Waals surface area contributed by atoms with Crippen molar-refractivity contribution in [2.75, 3.05) is 0 Å². The van der Waals surface area contributed by atoms with Crippen molar-refractivity contribution in [3.8, 4) is 0 Å². The first kappa shape index (κ1) is 12.9. The smallest absolute Gasteiger partial charge is 0.0579 e. The number of rotatable bonds is 5. The Morgan fingerprint density at radius 3 is 2.39 bits per heavy atom. The number of unbranched alkanes of at least 4 members (excludes halogenated alkanes) is 1. The third-order valence-electron chi connectivity index (χ3n) is 3.50. The van der Waals surface area contributed by atoms with Gasteiger partial charge in [-0.25, -0.2) is 0 Å². The van der Waals surface area contributed by atoms with Crippen LogP contribution in [-0.2, 0) is 0 Å². The van der Waals surface area contributed by atoms with Crippen LogP contribution in [0.15, 0.2) is 54.9 Å². The van der Waals surface area contributed by atoms with Crippen LogP contribution in [0.3, 0.4) is 0 Å². The molecule has 1 aliphatic heterocycles. The average Bonchev–Trinajstić information content (AvgIpc) is 2.42. The van der Waals surface area contributed by atoms with E-state index in [9.17, 15) is 0 Å². The molecule has 2 rings (SSSR count). The van der Waals surface area contributed by atoms with Gasteiger partial charge in [0.25, 0.3) is 0 Å². The van der Waals surface area contributed by atoms with Crippen molar-refractivity contribution in [1.82, 2.24) is 4.90 Å². The molecule has 0 saturated heterocycles. The summed E-state index contributed by atoms with van der Waals surface area (Å²) in [6.07, 6.45) is 12.7. The molecule has 1 atom stereocenters. The maximum absolute atomic E-state index is 2.35. The van der Waals surface area contributed by atoms with Gasteiger partial charge in [0.05, 0.1) is 6.04 Å². The summed E-state index contributed by atoms with van der Waals surface area (Å²) in [6, 6.07) is 11.3. The van der Waals surface area contributed by atoms with Crippen molar-refractivity contribution >= 4 is 0 Å². The molecule has 0 N–H and O–H groups in total. The molecule has 1 heteroatoms. The maximum atomic E-state index is 2.35. The second-order valence-corrected chi connectivity index (χ2v) is 5.06. The van der Waals surface area contributed by atoms with E-state index in [0.717, 1.165) is 0 Å². The van der Waals surface area contributed by atoms with E-state index in [1.807, 2.05) is 0 Å². The summed E-state index contributed by atoms with van der Waals surface area (Å²) >= 11 is 0. The molecule has 0 radical (unpaired) electrons. The van der Waals surface area contributed by atoms with Crippen molar-refractivity contribution in [1.29, 1.82) is 0 Å². The molecule has 0 aliphatic carbocycles. The average molecular weight is 241 g/mol. The summed E-state index contributed by atoms with van der Waals surface area (Å²) in [4.78, 5) is 2.35. The van der Waals surface area contributed by atoms with Gasteiger partial charge in [-0.3, -0.25) is 0 Å². The van der Waals surface area contributed by atoms with Crippen LogP contribution in [0.25, 0.3) is 0 Å². The lowest BCUT2D eigenvalue weighted by Gasteiger charge is -2.30. The summed E-state index contributed by atoms with van der Waals surface area (Å²) in [7, 11) is 0. The van der Waals surface area contributed by atoms with Crippen LogP contribution >= 0.6 is 0 Å². The second-order valence-electron chi connectivity index (χ2n) is 5.06. The fourth-order valence-corrected chi connectivity index (χ4v) is 2.35. The molecule has 1 unspecified atom stereocenters. The summed E-state index contributed by atoms with van der Waals surface area (Å²) in [6.45, 7) is 4.47. The fraction of sp³-hybridized carbons (Fsp3) is 0.412. The quantitative estimate of drug-likeness (QED) is 0.709. The summed E-state index contributed by atoms with van der Waals surface area (Å²) in [5.41, 5.74) is 1.41. The largest absolute Gasteiger partial charge is 0.347 e. The van der Waals surface area contributed by atoms with Crippen molar-refractivity contribution < 1.29 is 0 Å². The molecule has 0 aromatic heterocycles. The third-order valence-corrected chi connectivity index (χ3v) is 3.50. The van der Waals surface area contributed by atoms with Crippen LogP contribution in [0.4, 0.5) is 0 Å². The number of hydrogen-bond acceptors (Lipinski definition) is 1. The molecule has 96 valence electrons. The molecule has 0 spiro atoms. The van der Waals surface area contributed by atoms with Gasteiger partial charge in [-0.1, -0.05) is 69.2 Å². The Labute approximate surface area is 111 Å². The number of hydrogen-bond donors (Lipinski definition) is 0. The predicted octanol–water partition coefficient (Wildman–Crippen LogP) is 4.90. The van der Waals surface area contributed by atoms with E-state index in [4.69, 9.17) is 0 Å². The lowest BCUT2D eigenvalue weighted by molar-refractivity contribution is 0.337. The minimum Gasteiger partial charge on any atom is -0.347 e. The van der Waals surface area contributed by atoms with Gasteiger partial charge in [0.15, 0.2) is 0 Å². The Hall–Kier alpha value is -1.50. The Morgan fingerprint density at radius 1 is 1.11 bits per heavy atom. The van der Waals surface area contributed by atoms with Crippen molar-refractivity contribution in [3.05, 3.63) is 60.4 Å². The Bertz CT molecular complexity index is 391.